The Kier molecular flexibility index (Phi) is 9.13. The number of piperidine rings is 1. The summed E-state index contributed by atoms with van der Waals surface area (Å²) in [7, 11) is 0. The van der Waals surface area contributed by atoms with Crippen LogP contribution in [0.4, 0.5) is 4.39 Å². The average molecular weight is 517 g/mol. The summed E-state index contributed by atoms with van der Waals surface area (Å²) >= 11 is 0. The van der Waals surface area contributed by atoms with Gasteiger partial charge in [-0.2, -0.15) is 0 Å². The molecule has 1 unspecified atom stereocenters. The number of hydrogen-bond acceptors (Lipinski definition) is 4. The van der Waals surface area contributed by atoms with Crippen LogP contribution in [0.1, 0.15) is 71.1 Å². The Balaban J connectivity index is 1.58. The van der Waals surface area contributed by atoms with Gasteiger partial charge in [-0.05, 0) is 73.8 Å². The number of aromatic nitrogens is 2. The van der Waals surface area contributed by atoms with Crippen molar-refractivity contribution in [2.24, 2.45) is 16.8 Å². The van der Waals surface area contributed by atoms with Gasteiger partial charge in [0.1, 0.15) is 5.82 Å². The fourth-order valence-corrected chi connectivity index (χ4v) is 5.69. The van der Waals surface area contributed by atoms with Gasteiger partial charge in [0.25, 0.3) is 5.56 Å². The Labute approximate surface area is 225 Å². The van der Waals surface area contributed by atoms with Crippen LogP contribution in [0.15, 0.2) is 64.4 Å². The lowest BCUT2D eigenvalue weighted by Gasteiger charge is -2.43. The summed E-state index contributed by atoms with van der Waals surface area (Å²) in [5.41, 5.74) is 3.59. The number of H-pyrrole nitrogens is 1. The van der Waals surface area contributed by atoms with Crippen LogP contribution in [0.2, 0.25) is 0 Å². The van der Waals surface area contributed by atoms with E-state index in [0.29, 0.717) is 17.5 Å². The maximum Gasteiger partial charge on any atom is 0.276 e. The largest absolute Gasteiger partial charge is 0.370 e. The van der Waals surface area contributed by atoms with E-state index in [1.54, 1.807) is 6.07 Å². The fourth-order valence-electron chi connectivity index (χ4n) is 5.69. The highest BCUT2D eigenvalue weighted by Crippen LogP contribution is 2.40. The van der Waals surface area contributed by atoms with Gasteiger partial charge in [-0.15, -0.1) is 0 Å². The molecule has 0 amide bonds. The van der Waals surface area contributed by atoms with Crippen LogP contribution in [0.3, 0.4) is 0 Å². The summed E-state index contributed by atoms with van der Waals surface area (Å²) in [5, 5.41) is 0. The number of aromatic amines is 1. The number of aliphatic imine (C=N–C) groups is 1. The van der Waals surface area contributed by atoms with Crippen molar-refractivity contribution in [1.82, 2.24) is 14.9 Å². The molecule has 0 saturated carbocycles. The second kappa shape index (κ2) is 12.5. The highest BCUT2D eigenvalue weighted by Gasteiger charge is 2.37. The van der Waals surface area contributed by atoms with Crippen LogP contribution in [-0.4, -0.2) is 40.7 Å². The number of nitrogens with zero attached hydrogens (tertiary/aromatic N) is 3. The minimum atomic E-state index is -0.197. The summed E-state index contributed by atoms with van der Waals surface area (Å²) < 4.78 is 14.3. The second-order valence-electron chi connectivity index (χ2n) is 10.8. The summed E-state index contributed by atoms with van der Waals surface area (Å²) in [6.07, 6.45) is 8.70. The Morgan fingerprint density at radius 3 is 2.61 bits per heavy atom. The third-order valence-corrected chi connectivity index (χ3v) is 8.08. The number of fused-ring (bicyclic) bond motifs is 1. The molecule has 5 nitrogen and oxygen atoms in total. The number of allylic oxidation sites excluding steroid dienone is 1. The Morgan fingerprint density at radius 2 is 1.92 bits per heavy atom. The topological polar surface area (TPSA) is 61.4 Å². The van der Waals surface area contributed by atoms with Crippen molar-refractivity contribution in [3.8, 4) is 0 Å². The van der Waals surface area contributed by atoms with E-state index in [1.807, 2.05) is 30.3 Å². The molecule has 3 aromatic rings. The summed E-state index contributed by atoms with van der Waals surface area (Å²) in [5.74, 6) is 0.855. The van der Waals surface area contributed by atoms with Crippen molar-refractivity contribution in [1.29, 1.82) is 0 Å². The molecule has 38 heavy (non-hydrogen) atoms. The number of likely N-dealkylation sites (tertiary alicyclic amines) is 1. The van der Waals surface area contributed by atoms with E-state index in [0.717, 1.165) is 74.0 Å². The third kappa shape index (κ3) is 6.23. The smallest absolute Gasteiger partial charge is 0.276 e. The number of rotatable bonds is 10. The first kappa shape index (κ1) is 27.7. The number of halogens is 1. The number of nitrogens with one attached hydrogen (secondary N) is 1. The summed E-state index contributed by atoms with van der Waals surface area (Å²) in [4.78, 5) is 27.9. The average Bonchev–Trinajstić information content (AvgIpc) is 2.92. The summed E-state index contributed by atoms with van der Waals surface area (Å²) in [6.45, 7) is 11.0. The number of hydrogen-bond donors (Lipinski definition) is 1. The molecule has 1 aliphatic heterocycles. The zero-order chi connectivity index (χ0) is 27.1. The molecule has 2 aromatic carbocycles. The number of benzene rings is 2. The zero-order valence-electron chi connectivity index (χ0n) is 23.2. The lowest BCUT2D eigenvalue weighted by atomic mass is 9.70. The first-order valence-corrected chi connectivity index (χ1v) is 14.1. The standard InChI is InChI=1S/C32H41FN4O/c1-5-10-29(30-31(38)36-28-14-8-7-13-27(28)35-30)37-19-16-32(17-20-37,25-11-9-12-26(33)21-25)15-18-34-22-24(6-2)23(3)4/h7-14,21-24H,5-6,15-20H2,1-4H3,(H,36,38)/b29-10+,34-22?. The van der Waals surface area contributed by atoms with Crippen LogP contribution in [0, 0.1) is 17.7 Å². The van der Waals surface area contributed by atoms with Crippen LogP contribution in [-0.2, 0) is 5.41 Å². The maximum absolute atomic E-state index is 14.3. The van der Waals surface area contributed by atoms with E-state index < -0.39 is 0 Å². The predicted molar refractivity (Wildman–Crippen MR) is 156 cm³/mol. The maximum atomic E-state index is 14.3. The van der Waals surface area contributed by atoms with Crippen molar-refractivity contribution in [2.75, 3.05) is 19.6 Å². The third-order valence-electron chi connectivity index (χ3n) is 8.08. The van der Waals surface area contributed by atoms with E-state index in [4.69, 9.17) is 9.98 Å². The Morgan fingerprint density at radius 1 is 1.16 bits per heavy atom. The Hall–Kier alpha value is -3.28. The molecule has 4 rings (SSSR count). The van der Waals surface area contributed by atoms with Gasteiger partial charge in [-0.3, -0.25) is 9.79 Å². The van der Waals surface area contributed by atoms with Crippen LogP contribution < -0.4 is 5.56 Å². The van der Waals surface area contributed by atoms with Gasteiger partial charge in [0.15, 0.2) is 5.69 Å². The van der Waals surface area contributed by atoms with Gasteiger partial charge in [0, 0.05) is 31.3 Å². The molecule has 1 aliphatic rings. The molecule has 1 atom stereocenters. The van der Waals surface area contributed by atoms with Gasteiger partial charge in [0.2, 0.25) is 0 Å². The monoisotopic (exact) mass is 516 g/mol. The first-order chi connectivity index (χ1) is 18.4. The highest BCUT2D eigenvalue weighted by atomic mass is 19.1. The van der Waals surface area contributed by atoms with E-state index in [1.165, 1.54) is 6.07 Å². The zero-order valence-corrected chi connectivity index (χ0v) is 23.2. The van der Waals surface area contributed by atoms with E-state index in [9.17, 15) is 9.18 Å². The molecule has 1 N–H and O–H groups in total. The van der Waals surface area contributed by atoms with Crippen molar-refractivity contribution in [3.63, 3.8) is 0 Å². The quantitative estimate of drug-likeness (QED) is 0.295. The van der Waals surface area contributed by atoms with Crippen LogP contribution >= 0.6 is 0 Å². The minimum Gasteiger partial charge on any atom is -0.370 e. The van der Waals surface area contributed by atoms with Crippen molar-refractivity contribution in [3.05, 3.63) is 82.0 Å². The molecular formula is C32H41FN4O. The second-order valence-corrected chi connectivity index (χ2v) is 10.8. The van der Waals surface area contributed by atoms with Crippen molar-refractivity contribution < 1.29 is 4.39 Å². The summed E-state index contributed by atoms with van der Waals surface area (Å²) in [6, 6.07) is 14.7. The molecule has 6 heteroatoms. The van der Waals surface area contributed by atoms with Gasteiger partial charge >= 0.3 is 0 Å². The molecule has 0 bridgehead atoms. The van der Waals surface area contributed by atoms with Gasteiger partial charge in [-0.25, -0.2) is 9.37 Å². The first-order valence-electron chi connectivity index (χ1n) is 14.1. The van der Waals surface area contributed by atoms with Gasteiger partial charge in [-0.1, -0.05) is 58.0 Å². The molecule has 0 aliphatic carbocycles. The van der Waals surface area contributed by atoms with Crippen LogP contribution in [0.25, 0.3) is 16.7 Å². The van der Waals surface area contributed by atoms with E-state index in [-0.39, 0.29) is 16.8 Å². The molecule has 202 valence electrons. The normalized spacial score (nSPS) is 17.0. The van der Waals surface area contributed by atoms with Crippen molar-refractivity contribution in [2.45, 2.75) is 65.2 Å². The number of para-hydroxylation sites is 2. The molecule has 1 saturated heterocycles. The van der Waals surface area contributed by atoms with Crippen LogP contribution in [0.5, 0.6) is 0 Å². The van der Waals surface area contributed by atoms with Crippen molar-refractivity contribution >= 4 is 22.9 Å². The molecule has 0 spiro atoms. The predicted octanol–water partition coefficient (Wildman–Crippen LogP) is 6.99. The minimum absolute atomic E-state index is 0.157. The molecular weight excluding hydrogens is 475 g/mol. The fraction of sp³-hybridized carbons (Fsp3) is 0.469. The molecule has 2 heterocycles. The lowest BCUT2D eigenvalue weighted by molar-refractivity contribution is 0.206. The molecule has 1 aromatic heterocycles. The molecule has 1 fully saturated rings. The lowest BCUT2D eigenvalue weighted by Crippen LogP contribution is -2.43. The van der Waals surface area contributed by atoms with Gasteiger partial charge < -0.3 is 9.88 Å². The van der Waals surface area contributed by atoms with E-state index >= 15 is 0 Å². The molecule has 0 radical (unpaired) electrons. The highest BCUT2D eigenvalue weighted by molar-refractivity contribution is 5.76. The van der Waals surface area contributed by atoms with E-state index in [2.05, 4.69) is 55.9 Å². The van der Waals surface area contributed by atoms with Gasteiger partial charge in [0.05, 0.1) is 16.7 Å². The SMILES string of the molecule is CC/C=C(\c1nc2ccccc2[nH]c1=O)N1CCC(CCN=CC(CC)C(C)C)(c2cccc(F)c2)CC1. The Bertz CT molecular complexity index is 1330.